The molecular formula is C17H21N3O2S. The van der Waals surface area contributed by atoms with E-state index < -0.39 is 0 Å². The Kier molecular flexibility index (Phi) is 4.35. The Morgan fingerprint density at radius 1 is 1.26 bits per heavy atom. The van der Waals surface area contributed by atoms with E-state index >= 15 is 0 Å². The minimum atomic E-state index is -0.139. The van der Waals surface area contributed by atoms with Gasteiger partial charge in [0.2, 0.25) is 5.91 Å². The van der Waals surface area contributed by atoms with E-state index in [-0.39, 0.29) is 22.5 Å². The van der Waals surface area contributed by atoms with E-state index in [0.29, 0.717) is 5.82 Å². The second-order valence-corrected chi connectivity index (χ2v) is 7.44. The molecule has 0 spiro atoms. The average molecular weight is 331 g/mol. The quantitative estimate of drug-likeness (QED) is 0.900. The Hall–Kier alpha value is -1.95. The van der Waals surface area contributed by atoms with Gasteiger partial charge in [-0.3, -0.25) is 9.89 Å². The van der Waals surface area contributed by atoms with Gasteiger partial charge in [-0.15, -0.1) is 11.8 Å². The Morgan fingerprint density at radius 3 is 2.61 bits per heavy atom. The maximum atomic E-state index is 12.1. The van der Waals surface area contributed by atoms with Crippen molar-refractivity contribution in [3.8, 4) is 5.75 Å². The van der Waals surface area contributed by atoms with Gasteiger partial charge in [0.25, 0.3) is 0 Å². The van der Waals surface area contributed by atoms with Crippen molar-refractivity contribution in [1.82, 2.24) is 10.2 Å². The van der Waals surface area contributed by atoms with Gasteiger partial charge in [-0.25, -0.2) is 0 Å². The van der Waals surface area contributed by atoms with Crippen molar-refractivity contribution in [1.29, 1.82) is 0 Å². The first-order chi connectivity index (χ1) is 11.0. The molecule has 2 atom stereocenters. The van der Waals surface area contributed by atoms with Crippen LogP contribution in [0.3, 0.4) is 0 Å². The molecule has 0 bridgehead atoms. The Balaban J connectivity index is 1.97. The van der Waals surface area contributed by atoms with Gasteiger partial charge in [0, 0.05) is 11.3 Å². The maximum Gasteiger partial charge on any atom is 0.238 e. The summed E-state index contributed by atoms with van der Waals surface area (Å²) in [6.45, 7) is 7.93. The molecule has 3 rings (SSSR count). The first-order valence-corrected chi connectivity index (χ1v) is 8.67. The fraction of sp³-hybridized carbons (Fsp3) is 0.412. The van der Waals surface area contributed by atoms with Gasteiger partial charge in [-0.2, -0.15) is 5.10 Å². The SMILES string of the molecule is Cc1[nH]nc2c1[C@@H](c1ccc(OC(C)C)cc1)S[C@H](C)C(=O)N2. The number of aryl methyl sites for hydroxylation is 1. The van der Waals surface area contributed by atoms with E-state index in [9.17, 15) is 4.79 Å². The fourth-order valence-corrected chi connectivity index (χ4v) is 3.97. The summed E-state index contributed by atoms with van der Waals surface area (Å²) in [7, 11) is 0. The predicted molar refractivity (Wildman–Crippen MR) is 93.1 cm³/mol. The number of ether oxygens (including phenoxy) is 1. The second kappa shape index (κ2) is 6.28. The van der Waals surface area contributed by atoms with Gasteiger partial charge in [0.15, 0.2) is 5.82 Å². The highest BCUT2D eigenvalue weighted by Gasteiger charge is 2.32. The minimum absolute atomic E-state index is 0.00925. The zero-order chi connectivity index (χ0) is 16.6. The number of benzene rings is 1. The van der Waals surface area contributed by atoms with Crippen LogP contribution in [0.2, 0.25) is 0 Å². The van der Waals surface area contributed by atoms with Crippen LogP contribution in [0.4, 0.5) is 5.82 Å². The molecule has 0 fully saturated rings. The van der Waals surface area contributed by atoms with Crippen molar-refractivity contribution in [2.24, 2.45) is 0 Å². The van der Waals surface area contributed by atoms with Crippen molar-refractivity contribution in [3.05, 3.63) is 41.1 Å². The van der Waals surface area contributed by atoms with E-state index in [0.717, 1.165) is 22.6 Å². The molecule has 122 valence electrons. The van der Waals surface area contributed by atoms with Crippen molar-refractivity contribution in [3.63, 3.8) is 0 Å². The van der Waals surface area contributed by atoms with Crippen LogP contribution in [-0.4, -0.2) is 27.5 Å². The number of nitrogens with one attached hydrogen (secondary N) is 2. The molecule has 6 heteroatoms. The molecule has 23 heavy (non-hydrogen) atoms. The summed E-state index contributed by atoms with van der Waals surface area (Å²) < 4.78 is 5.71. The minimum Gasteiger partial charge on any atom is -0.491 e. The van der Waals surface area contributed by atoms with E-state index in [4.69, 9.17) is 4.74 Å². The van der Waals surface area contributed by atoms with Gasteiger partial charge in [-0.05, 0) is 45.4 Å². The van der Waals surface area contributed by atoms with E-state index in [1.165, 1.54) is 0 Å². The Labute approximate surface area is 140 Å². The first-order valence-electron chi connectivity index (χ1n) is 7.73. The Morgan fingerprint density at radius 2 is 1.96 bits per heavy atom. The third-order valence-electron chi connectivity index (χ3n) is 3.76. The summed E-state index contributed by atoms with van der Waals surface area (Å²) in [5.41, 5.74) is 3.17. The van der Waals surface area contributed by atoms with Crippen LogP contribution in [0.15, 0.2) is 24.3 Å². The third kappa shape index (κ3) is 3.22. The van der Waals surface area contributed by atoms with Crippen molar-refractivity contribution < 1.29 is 9.53 Å². The molecule has 5 nitrogen and oxygen atoms in total. The number of thioether (sulfide) groups is 1. The number of carbonyl (C=O) groups is 1. The molecule has 2 heterocycles. The average Bonchev–Trinajstić information content (AvgIpc) is 2.79. The summed E-state index contributed by atoms with van der Waals surface area (Å²) in [4.78, 5) is 12.1. The second-order valence-electron chi connectivity index (χ2n) is 5.99. The van der Waals surface area contributed by atoms with Gasteiger partial charge < -0.3 is 10.1 Å². The molecule has 1 aliphatic heterocycles. The summed E-state index contributed by atoms with van der Waals surface area (Å²) in [6.07, 6.45) is 0.151. The number of hydrogen-bond acceptors (Lipinski definition) is 4. The van der Waals surface area contributed by atoms with E-state index in [1.807, 2.05) is 39.8 Å². The van der Waals surface area contributed by atoms with Crippen molar-refractivity contribution in [2.75, 3.05) is 5.32 Å². The molecule has 0 saturated heterocycles. The lowest BCUT2D eigenvalue weighted by Gasteiger charge is -2.18. The van der Waals surface area contributed by atoms with E-state index in [1.54, 1.807) is 11.8 Å². The monoisotopic (exact) mass is 331 g/mol. The number of aromatic nitrogens is 2. The standard InChI is InChI=1S/C17H21N3O2S/c1-9(2)22-13-7-5-12(6-8-13)15-14-10(3)19-20-16(14)18-17(21)11(4)23-15/h5-9,11,15H,1-4H3,(H2,18,19,20,21)/t11-,15-/m1/s1. The van der Waals surface area contributed by atoms with Crippen molar-refractivity contribution >= 4 is 23.5 Å². The Bertz CT molecular complexity index is 709. The van der Waals surface area contributed by atoms with Crippen LogP contribution >= 0.6 is 11.8 Å². The molecule has 0 aliphatic carbocycles. The molecule has 0 radical (unpaired) electrons. The highest BCUT2D eigenvalue weighted by Crippen LogP contribution is 2.44. The number of hydrogen-bond donors (Lipinski definition) is 2. The number of anilines is 1. The van der Waals surface area contributed by atoms with Crippen molar-refractivity contribution in [2.45, 2.75) is 44.3 Å². The summed E-state index contributed by atoms with van der Waals surface area (Å²) in [5, 5.41) is 10.0. The van der Waals surface area contributed by atoms with Crippen LogP contribution in [0.5, 0.6) is 5.75 Å². The molecule has 1 amide bonds. The predicted octanol–water partition coefficient (Wildman–Crippen LogP) is 3.67. The fourth-order valence-electron chi connectivity index (χ4n) is 2.64. The molecule has 0 unspecified atom stereocenters. The number of nitrogens with zero attached hydrogens (tertiary/aromatic N) is 1. The molecule has 2 N–H and O–H groups in total. The topological polar surface area (TPSA) is 67.0 Å². The first kappa shape index (κ1) is 15.9. The number of H-pyrrole nitrogens is 1. The zero-order valence-corrected chi connectivity index (χ0v) is 14.5. The van der Waals surface area contributed by atoms with Gasteiger partial charge in [0.1, 0.15) is 5.75 Å². The van der Waals surface area contributed by atoms with Crippen LogP contribution in [0.25, 0.3) is 0 Å². The van der Waals surface area contributed by atoms with Gasteiger partial charge in [0.05, 0.1) is 16.6 Å². The van der Waals surface area contributed by atoms with Crippen LogP contribution < -0.4 is 10.1 Å². The molecule has 1 aliphatic rings. The third-order valence-corrected chi connectivity index (χ3v) is 5.16. The normalized spacial score (nSPS) is 20.8. The number of fused-ring (bicyclic) bond motifs is 1. The molecule has 2 aromatic rings. The lowest BCUT2D eigenvalue weighted by atomic mass is 10.0. The number of aromatic amines is 1. The van der Waals surface area contributed by atoms with E-state index in [2.05, 4.69) is 27.6 Å². The van der Waals surface area contributed by atoms with Crippen LogP contribution in [0.1, 0.15) is 42.8 Å². The smallest absolute Gasteiger partial charge is 0.238 e. The number of amides is 1. The molecule has 1 aromatic heterocycles. The summed E-state index contributed by atoms with van der Waals surface area (Å²) in [5.74, 6) is 1.48. The summed E-state index contributed by atoms with van der Waals surface area (Å²) >= 11 is 1.64. The lowest BCUT2D eigenvalue weighted by Crippen LogP contribution is -2.21. The molecular weight excluding hydrogens is 310 g/mol. The summed E-state index contributed by atoms with van der Waals surface area (Å²) in [6, 6.07) is 8.09. The maximum absolute atomic E-state index is 12.1. The zero-order valence-electron chi connectivity index (χ0n) is 13.7. The molecule has 0 saturated carbocycles. The number of carbonyl (C=O) groups excluding carboxylic acids is 1. The van der Waals surface area contributed by atoms with Crippen LogP contribution in [-0.2, 0) is 4.79 Å². The van der Waals surface area contributed by atoms with Gasteiger partial charge >= 0.3 is 0 Å². The van der Waals surface area contributed by atoms with Crippen LogP contribution in [0, 0.1) is 6.92 Å². The highest BCUT2D eigenvalue weighted by molar-refractivity contribution is 8.01. The number of rotatable bonds is 3. The van der Waals surface area contributed by atoms with Gasteiger partial charge in [-0.1, -0.05) is 12.1 Å². The largest absolute Gasteiger partial charge is 0.491 e. The lowest BCUT2D eigenvalue weighted by molar-refractivity contribution is -0.115. The highest BCUT2D eigenvalue weighted by atomic mass is 32.2. The molecule has 1 aromatic carbocycles.